The standard InChI is InChI=1S/C12H7FN4OS/c13-8-3-1-7(2-4-8)5-9-10(14)17-12(16-11(9)18)19-6-15-17/h1-6,14H. The molecule has 0 spiro atoms. The van der Waals surface area contributed by atoms with Gasteiger partial charge in [0.1, 0.15) is 5.82 Å². The molecule has 1 N–H and O–H groups in total. The zero-order valence-corrected chi connectivity index (χ0v) is 10.3. The van der Waals surface area contributed by atoms with Crippen molar-refractivity contribution in [3.8, 4) is 0 Å². The van der Waals surface area contributed by atoms with Crippen LogP contribution in [0.15, 0.2) is 39.9 Å². The van der Waals surface area contributed by atoms with Gasteiger partial charge in [-0.15, -0.1) is 0 Å². The fourth-order valence-electron chi connectivity index (χ4n) is 1.66. The smallest absolute Gasteiger partial charge is 0.282 e. The van der Waals surface area contributed by atoms with E-state index in [9.17, 15) is 9.18 Å². The van der Waals surface area contributed by atoms with Crippen molar-refractivity contribution in [2.75, 3.05) is 0 Å². The highest BCUT2D eigenvalue weighted by Gasteiger charge is 2.32. The second-order valence-electron chi connectivity index (χ2n) is 3.81. The molecule has 1 amide bonds. The van der Waals surface area contributed by atoms with Crippen LogP contribution in [-0.4, -0.2) is 27.5 Å². The Morgan fingerprint density at radius 1 is 1.32 bits per heavy atom. The minimum Gasteiger partial charge on any atom is -0.282 e. The van der Waals surface area contributed by atoms with Crippen LogP contribution < -0.4 is 0 Å². The first-order valence-corrected chi connectivity index (χ1v) is 6.21. The van der Waals surface area contributed by atoms with E-state index in [1.165, 1.54) is 52.7 Å². The van der Waals surface area contributed by atoms with Crippen molar-refractivity contribution in [2.24, 2.45) is 10.1 Å². The molecule has 0 atom stereocenters. The molecule has 2 aliphatic heterocycles. The Morgan fingerprint density at radius 2 is 2.05 bits per heavy atom. The highest BCUT2D eigenvalue weighted by Crippen LogP contribution is 2.24. The average molecular weight is 274 g/mol. The minimum absolute atomic E-state index is 0.0272. The van der Waals surface area contributed by atoms with Crippen LogP contribution in [0, 0.1) is 11.2 Å². The average Bonchev–Trinajstić information content (AvgIpc) is 2.85. The van der Waals surface area contributed by atoms with E-state index in [0.29, 0.717) is 10.7 Å². The van der Waals surface area contributed by atoms with Crippen LogP contribution in [0.5, 0.6) is 0 Å². The summed E-state index contributed by atoms with van der Waals surface area (Å²) in [6.07, 6.45) is 1.50. The van der Waals surface area contributed by atoms with Gasteiger partial charge in [-0.05, 0) is 35.5 Å². The summed E-state index contributed by atoms with van der Waals surface area (Å²) in [6.45, 7) is 0. The first kappa shape index (κ1) is 11.8. The van der Waals surface area contributed by atoms with Gasteiger partial charge in [0.05, 0.1) is 11.1 Å². The zero-order chi connectivity index (χ0) is 13.4. The summed E-state index contributed by atoms with van der Waals surface area (Å²) in [6, 6.07) is 5.65. The maximum Gasteiger partial charge on any atom is 0.283 e. The molecular formula is C12H7FN4OS. The van der Waals surface area contributed by atoms with Crippen molar-refractivity contribution >= 4 is 40.3 Å². The van der Waals surface area contributed by atoms with Gasteiger partial charge in [-0.1, -0.05) is 12.1 Å². The van der Waals surface area contributed by atoms with Gasteiger partial charge in [-0.2, -0.15) is 15.1 Å². The summed E-state index contributed by atoms with van der Waals surface area (Å²) in [5.41, 5.74) is 2.28. The van der Waals surface area contributed by atoms with E-state index in [1.54, 1.807) is 0 Å². The van der Waals surface area contributed by atoms with Crippen LogP contribution in [-0.2, 0) is 4.79 Å². The SMILES string of the molecule is N=C1C(=Cc2ccc(F)cc2)C(=O)N=C2SC=NN12. The predicted octanol–water partition coefficient (Wildman–Crippen LogP) is 2.07. The molecule has 1 aromatic carbocycles. The van der Waals surface area contributed by atoms with Crippen LogP contribution in [0.4, 0.5) is 4.39 Å². The molecule has 19 heavy (non-hydrogen) atoms. The topological polar surface area (TPSA) is 68.9 Å². The number of fused-ring (bicyclic) bond motifs is 1. The molecule has 2 aliphatic rings. The fraction of sp³-hybridized carbons (Fsp3) is 0. The number of halogens is 1. The quantitative estimate of drug-likeness (QED) is 0.797. The molecule has 0 radical (unpaired) electrons. The molecule has 5 nitrogen and oxygen atoms in total. The zero-order valence-electron chi connectivity index (χ0n) is 9.50. The van der Waals surface area contributed by atoms with E-state index in [2.05, 4.69) is 10.1 Å². The summed E-state index contributed by atoms with van der Waals surface area (Å²) >= 11 is 1.19. The maximum absolute atomic E-state index is 12.8. The van der Waals surface area contributed by atoms with Crippen LogP contribution in [0.25, 0.3) is 6.08 Å². The second-order valence-corrected chi connectivity index (χ2v) is 4.62. The van der Waals surface area contributed by atoms with Crippen LogP contribution in [0.1, 0.15) is 5.56 Å². The van der Waals surface area contributed by atoms with Crippen LogP contribution in [0.3, 0.4) is 0 Å². The van der Waals surface area contributed by atoms with E-state index in [-0.39, 0.29) is 17.2 Å². The molecule has 7 heteroatoms. The third kappa shape index (κ3) is 2.08. The van der Waals surface area contributed by atoms with Gasteiger partial charge in [0.15, 0.2) is 11.0 Å². The van der Waals surface area contributed by atoms with Crippen molar-refractivity contribution < 1.29 is 9.18 Å². The summed E-state index contributed by atoms with van der Waals surface area (Å²) in [5, 5.41) is 13.6. The van der Waals surface area contributed by atoms with Gasteiger partial charge in [-0.3, -0.25) is 10.2 Å². The van der Waals surface area contributed by atoms with Gasteiger partial charge in [0, 0.05) is 0 Å². The highest BCUT2D eigenvalue weighted by molar-refractivity contribution is 8.25. The molecule has 0 unspecified atom stereocenters. The van der Waals surface area contributed by atoms with Crippen molar-refractivity contribution in [3.63, 3.8) is 0 Å². The van der Waals surface area contributed by atoms with Gasteiger partial charge >= 0.3 is 0 Å². The van der Waals surface area contributed by atoms with E-state index in [1.807, 2.05) is 0 Å². The number of hydrogen-bond acceptors (Lipinski definition) is 4. The van der Waals surface area contributed by atoms with E-state index >= 15 is 0 Å². The first-order chi connectivity index (χ1) is 9.15. The Hall–Kier alpha value is -2.28. The van der Waals surface area contributed by atoms with Crippen molar-refractivity contribution in [3.05, 3.63) is 41.2 Å². The van der Waals surface area contributed by atoms with Gasteiger partial charge in [0.2, 0.25) is 0 Å². The Bertz CT molecular complexity index is 663. The monoisotopic (exact) mass is 274 g/mol. The van der Waals surface area contributed by atoms with Crippen molar-refractivity contribution in [1.82, 2.24) is 5.01 Å². The summed E-state index contributed by atoms with van der Waals surface area (Å²) in [5.74, 6) is -0.868. The lowest BCUT2D eigenvalue weighted by atomic mass is 10.1. The van der Waals surface area contributed by atoms with E-state index in [4.69, 9.17) is 5.41 Å². The number of amidine groups is 2. The Morgan fingerprint density at radius 3 is 2.79 bits per heavy atom. The molecule has 0 aliphatic carbocycles. The molecule has 3 rings (SSSR count). The number of nitrogens with zero attached hydrogens (tertiary/aromatic N) is 3. The molecule has 0 bridgehead atoms. The number of carbonyl (C=O) groups excluding carboxylic acids is 1. The normalized spacial score (nSPS) is 19.9. The lowest BCUT2D eigenvalue weighted by Gasteiger charge is -2.20. The number of aliphatic imine (C=N–C) groups is 1. The summed E-state index contributed by atoms with van der Waals surface area (Å²) in [4.78, 5) is 15.7. The van der Waals surface area contributed by atoms with Crippen molar-refractivity contribution in [2.45, 2.75) is 0 Å². The molecule has 1 aromatic rings. The lowest BCUT2D eigenvalue weighted by molar-refractivity contribution is -0.114. The number of nitrogens with one attached hydrogen (secondary N) is 1. The number of carbonyl (C=O) groups is 1. The molecule has 0 saturated heterocycles. The summed E-state index contributed by atoms with van der Waals surface area (Å²) < 4.78 is 12.8. The minimum atomic E-state index is -0.487. The number of thioether (sulfide) groups is 1. The number of hydrogen-bond donors (Lipinski definition) is 1. The van der Waals surface area contributed by atoms with Gasteiger partial charge in [0.25, 0.3) is 5.91 Å². The third-order valence-electron chi connectivity index (χ3n) is 2.58. The Balaban J connectivity index is 2.00. The predicted molar refractivity (Wildman–Crippen MR) is 72.5 cm³/mol. The molecule has 2 heterocycles. The Kier molecular flexibility index (Phi) is 2.75. The molecule has 94 valence electrons. The number of hydrazone groups is 1. The number of amides is 1. The molecule has 0 aromatic heterocycles. The van der Waals surface area contributed by atoms with Gasteiger partial charge in [-0.25, -0.2) is 4.39 Å². The van der Waals surface area contributed by atoms with Crippen molar-refractivity contribution in [1.29, 1.82) is 5.41 Å². The number of benzene rings is 1. The second kappa shape index (κ2) is 4.43. The third-order valence-corrected chi connectivity index (χ3v) is 3.25. The summed E-state index contributed by atoms with van der Waals surface area (Å²) in [7, 11) is 0. The largest absolute Gasteiger partial charge is 0.283 e. The lowest BCUT2D eigenvalue weighted by Crippen LogP contribution is -2.35. The molecule has 0 fully saturated rings. The first-order valence-electron chi connectivity index (χ1n) is 5.33. The highest BCUT2D eigenvalue weighted by atomic mass is 32.2. The van der Waals surface area contributed by atoms with E-state index < -0.39 is 5.91 Å². The molecular weight excluding hydrogens is 267 g/mol. The van der Waals surface area contributed by atoms with E-state index in [0.717, 1.165) is 0 Å². The number of rotatable bonds is 1. The van der Waals surface area contributed by atoms with Gasteiger partial charge < -0.3 is 0 Å². The maximum atomic E-state index is 12.8. The van der Waals surface area contributed by atoms with Crippen LogP contribution in [0.2, 0.25) is 0 Å². The Labute approximate surface area is 112 Å². The fourth-order valence-corrected chi connectivity index (χ4v) is 2.27. The molecule has 0 saturated carbocycles. The van der Waals surface area contributed by atoms with Crippen LogP contribution >= 0.6 is 11.8 Å².